The summed E-state index contributed by atoms with van der Waals surface area (Å²) in [5.41, 5.74) is 5.76. The summed E-state index contributed by atoms with van der Waals surface area (Å²) >= 11 is 0. The van der Waals surface area contributed by atoms with Crippen molar-refractivity contribution in [1.82, 2.24) is 21.3 Å². The highest BCUT2D eigenvalue weighted by molar-refractivity contribution is 4.74. The maximum atomic E-state index is 9.97. The molecule has 0 aliphatic carbocycles. The summed E-state index contributed by atoms with van der Waals surface area (Å²) in [6.07, 6.45) is 5.57. The number of hydrogen-bond acceptors (Lipinski definition) is 6. The molecule has 7 N–H and O–H groups in total. The highest BCUT2D eigenvalue weighted by atomic mass is 16.3. The molecule has 5 unspecified atom stereocenters. The molecular weight excluding hydrogens is 326 g/mol. The lowest BCUT2D eigenvalue weighted by molar-refractivity contribution is 0.157. The van der Waals surface area contributed by atoms with Crippen LogP contribution in [0.3, 0.4) is 0 Å². The van der Waals surface area contributed by atoms with Gasteiger partial charge in [0.25, 0.3) is 0 Å². The second-order valence-electron chi connectivity index (χ2n) is 8.07. The second kappa shape index (κ2) is 16.9. The molecule has 0 radical (unpaired) electrons. The van der Waals surface area contributed by atoms with E-state index < -0.39 is 0 Å². The van der Waals surface area contributed by atoms with E-state index in [4.69, 9.17) is 5.73 Å². The molecular formula is C20H47N5O. The van der Waals surface area contributed by atoms with Gasteiger partial charge in [-0.15, -0.1) is 0 Å². The van der Waals surface area contributed by atoms with Crippen LogP contribution in [-0.4, -0.2) is 68.1 Å². The van der Waals surface area contributed by atoms with Crippen LogP contribution in [0.4, 0.5) is 0 Å². The van der Waals surface area contributed by atoms with Crippen molar-refractivity contribution in [3.63, 3.8) is 0 Å². The minimum Gasteiger partial charge on any atom is -0.392 e. The van der Waals surface area contributed by atoms with E-state index in [1.54, 1.807) is 0 Å². The van der Waals surface area contributed by atoms with E-state index in [1.807, 2.05) is 6.92 Å². The fourth-order valence-corrected chi connectivity index (χ4v) is 2.73. The Kier molecular flexibility index (Phi) is 16.7. The highest BCUT2D eigenvalue weighted by Gasteiger charge is 2.09. The third kappa shape index (κ3) is 17.2. The summed E-state index contributed by atoms with van der Waals surface area (Å²) in [6, 6.07) is 1.42. The van der Waals surface area contributed by atoms with Gasteiger partial charge in [-0.3, -0.25) is 0 Å². The first-order chi connectivity index (χ1) is 12.3. The molecule has 158 valence electrons. The van der Waals surface area contributed by atoms with Crippen molar-refractivity contribution in [2.45, 2.75) is 97.0 Å². The normalized spacial score (nSPS) is 17.7. The molecule has 0 spiro atoms. The molecule has 0 aromatic carbocycles. The Morgan fingerprint density at radius 1 is 0.731 bits per heavy atom. The Bertz CT molecular complexity index is 304. The maximum Gasteiger partial charge on any atom is 0.0664 e. The van der Waals surface area contributed by atoms with Crippen LogP contribution in [0.15, 0.2) is 0 Å². The predicted octanol–water partition coefficient (Wildman–Crippen LogP) is 1.19. The number of aliphatic hydroxyl groups is 1. The molecule has 0 heterocycles. The number of hydrogen-bond donors (Lipinski definition) is 6. The monoisotopic (exact) mass is 373 g/mol. The van der Waals surface area contributed by atoms with Gasteiger partial charge in [-0.2, -0.15) is 0 Å². The van der Waals surface area contributed by atoms with Gasteiger partial charge in [0.15, 0.2) is 0 Å². The molecule has 26 heavy (non-hydrogen) atoms. The average molecular weight is 374 g/mol. The zero-order valence-corrected chi connectivity index (χ0v) is 18.0. The summed E-state index contributed by atoms with van der Waals surface area (Å²) in [4.78, 5) is 0. The van der Waals surface area contributed by atoms with E-state index in [0.29, 0.717) is 24.7 Å². The van der Waals surface area contributed by atoms with Crippen molar-refractivity contribution in [2.24, 2.45) is 5.73 Å². The average Bonchev–Trinajstić information content (AvgIpc) is 2.60. The van der Waals surface area contributed by atoms with E-state index in [1.165, 1.54) is 19.3 Å². The number of rotatable bonds is 18. The number of nitrogens with two attached hydrogens (primary N) is 1. The fourth-order valence-electron chi connectivity index (χ4n) is 2.73. The molecule has 0 rings (SSSR count). The Hall–Kier alpha value is -0.240. The lowest BCUT2D eigenvalue weighted by Crippen LogP contribution is -2.48. The minimum absolute atomic E-state index is 0.194. The third-order valence-corrected chi connectivity index (χ3v) is 4.55. The molecule has 0 amide bonds. The highest BCUT2D eigenvalue weighted by Crippen LogP contribution is 2.04. The Morgan fingerprint density at radius 3 is 1.81 bits per heavy atom. The van der Waals surface area contributed by atoms with Gasteiger partial charge in [0.2, 0.25) is 0 Å². The van der Waals surface area contributed by atoms with Gasteiger partial charge in [0.1, 0.15) is 0 Å². The van der Waals surface area contributed by atoms with E-state index in [2.05, 4.69) is 49.0 Å². The molecule has 0 aromatic heterocycles. The van der Waals surface area contributed by atoms with Crippen LogP contribution in [0.25, 0.3) is 0 Å². The molecule has 0 aromatic rings. The lowest BCUT2D eigenvalue weighted by atomic mass is 10.1. The molecule has 6 nitrogen and oxygen atoms in total. The summed E-state index contributed by atoms with van der Waals surface area (Å²) in [5.74, 6) is 0. The van der Waals surface area contributed by atoms with Crippen molar-refractivity contribution in [1.29, 1.82) is 0 Å². The summed E-state index contributed by atoms with van der Waals surface area (Å²) in [7, 11) is 0. The molecule has 6 heteroatoms. The van der Waals surface area contributed by atoms with Gasteiger partial charge in [0.05, 0.1) is 6.10 Å². The van der Waals surface area contributed by atoms with Gasteiger partial charge in [-0.05, 0) is 34.1 Å². The topological polar surface area (TPSA) is 94.4 Å². The summed E-state index contributed by atoms with van der Waals surface area (Å²) in [5, 5.41) is 23.9. The van der Waals surface area contributed by atoms with Crippen LogP contribution in [0, 0.1) is 0 Å². The molecule has 0 aliphatic rings. The Labute approximate surface area is 162 Å². The molecule has 0 fully saturated rings. The SMILES string of the molecule is CCCCCCC(O)CNCC(C)NCC(C)NCC(C)NCC(C)N. The first-order valence-electron chi connectivity index (χ1n) is 10.7. The zero-order chi connectivity index (χ0) is 19.8. The zero-order valence-electron chi connectivity index (χ0n) is 18.0. The van der Waals surface area contributed by atoms with Crippen molar-refractivity contribution < 1.29 is 5.11 Å². The van der Waals surface area contributed by atoms with Gasteiger partial charge >= 0.3 is 0 Å². The van der Waals surface area contributed by atoms with Crippen molar-refractivity contribution in [3.8, 4) is 0 Å². The predicted molar refractivity (Wildman–Crippen MR) is 114 cm³/mol. The van der Waals surface area contributed by atoms with Crippen LogP contribution < -0.4 is 27.0 Å². The largest absolute Gasteiger partial charge is 0.392 e. The quantitative estimate of drug-likeness (QED) is 0.202. The van der Waals surface area contributed by atoms with Gasteiger partial charge in [-0.25, -0.2) is 0 Å². The van der Waals surface area contributed by atoms with Crippen LogP contribution in [0.1, 0.15) is 66.7 Å². The summed E-state index contributed by atoms with van der Waals surface area (Å²) < 4.78 is 0. The number of aliphatic hydroxyl groups excluding tert-OH is 1. The van der Waals surface area contributed by atoms with E-state index >= 15 is 0 Å². The lowest BCUT2D eigenvalue weighted by Gasteiger charge is -2.22. The van der Waals surface area contributed by atoms with Crippen LogP contribution in [0.2, 0.25) is 0 Å². The van der Waals surface area contributed by atoms with Crippen LogP contribution >= 0.6 is 0 Å². The maximum absolute atomic E-state index is 9.97. The van der Waals surface area contributed by atoms with Crippen LogP contribution in [0.5, 0.6) is 0 Å². The molecule has 0 saturated carbocycles. The molecule has 0 saturated heterocycles. The van der Waals surface area contributed by atoms with E-state index in [-0.39, 0.29) is 12.1 Å². The Morgan fingerprint density at radius 2 is 1.27 bits per heavy atom. The standard InChI is InChI=1S/C20H47N5O/c1-6-7-8-9-10-20(26)15-22-12-17(3)24-14-19(5)25-13-18(4)23-11-16(2)21/h16-20,22-26H,6-15,21H2,1-5H3. The van der Waals surface area contributed by atoms with E-state index in [9.17, 15) is 5.11 Å². The number of unbranched alkanes of at least 4 members (excludes halogenated alkanes) is 3. The van der Waals surface area contributed by atoms with Gasteiger partial charge in [-0.1, -0.05) is 32.6 Å². The Balaban J connectivity index is 3.60. The van der Waals surface area contributed by atoms with Crippen molar-refractivity contribution >= 4 is 0 Å². The fraction of sp³-hybridized carbons (Fsp3) is 1.00. The van der Waals surface area contributed by atoms with Crippen molar-refractivity contribution in [3.05, 3.63) is 0 Å². The van der Waals surface area contributed by atoms with E-state index in [0.717, 1.165) is 39.0 Å². The minimum atomic E-state index is -0.218. The molecule has 5 atom stereocenters. The summed E-state index contributed by atoms with van der Waals surface area (Å²) in [6.45, 7) is 15.1. The third-order valence-electron chi connectivity index (χ3n) is 4.55. The first-order valence-corrected chi connectivity index (χ1v) is 10.7. The second-order valence-corrected chi connectivity index (χ2v) is 8.07. The smallest absolute Gasteiger partial charge is 0.0664 e. The van der Waals surface area contributed by atoms with Crippen molar-refractivity contribution in [2.75, 3.05) is 32.7 Å². The molecule has 0 aliphatic heterocycles. The molecule has 0 bridgehead atoms. The van der Waals surface area contributed by atoms with Gasteiger partial charge in [0, 0.05) is 56.9 Å². The van der Waals surface area contributed by atoms with Crippen LogP contribution in [-0.2, 0) is 0 Å². The van der Waals surface area contributed by atoms with Gasteiger partial charge < -0.3 is 32.1 Å². The number of nitrogens with one attached hydrogen (secondary N) is 4. The first kappa shape index (κ1) is 25.8.